The van der Waals surface area contributed by atoms with Gasteiger partial charge in [0.25, 0.3) is 11.8 Å². The summed E-state index contributed by atoms with van der Waals surface area (Å²) in [5.41, 5.74) is 3.54. The number of carbonyl (C=O) groups excluding carboxylic acids is 2. The lowest BCUT2D eigenvalue weighted by Crippen LogP contribution is -2.46. The highest BCUT2D eigenvalue weighted by molar-refractivity contribution is 5.95. The normalized spacial score (nSPS) is 14.1. The second kappa shape index (κ2) is 10.1. The van der Waals surface area contributed by atoms with Crippen molar-refractivity contribution >= 4 is 11.8 Å². The molecule has 4 rings (SSSR count). The van der Waals surface area contributed by atoms with Crippen LogP contribution in [0.25, 0.3) is 11.1 Å². The highest BCUT2D eigenvalue weighted by Crippen LogP contribution is 2.21. The molecule has 0 aromatic heterocycles. The van der Waals surface area contributed by atoms with Crippen LogP contribution in [-0.4, -0.2) is 42.5 Å². The predicted octanol–water partition coefficient (Wildman–Crippen LogP) is 4.79. The van der Waals surface area contributed by atoms with E-state index in [-0.39, 0.29) is 17.9 Å². The SMILES string of the molecule is CCOc1ccc(C(=O)NC2CCN(C(=O)c3ccc(-c4ccccc4)cc3)CC2)cc1. The Hall–Kier alpha value is -3.60. The van der Waals surface area contributed by atoms with Crippen LogP contribution >= 0.6 is 0 Å². The van der Waals surface area contributed by atoms with Gasteiger partial charge in [0.05, 0.1) is 6.61 Å². The first-order valence-electron chi connectivity index (χ1n) is 11.1. The number of nitrogens with one attached hydrogen (secondary N) is 1. The molecule has 3 aromatic rings. The van der Waals surface area contributed by atoms with Crippen LogP contribution in [0.4, 0.5) is 0 Å². The Morgan fingerprint density at radius 1 is 0.844 bits per heavy atom. The van der Waals surface area contributed by atoms with Crippen molar-refractivity contribution in [3.8, 4) is 16.9 Å². The highest BCUT2D eigenvalue weighted by Gasteiger charge is 2.25. The molecule has 3 aromatic carbocycles. The lowest BCUT2D eigenvalue weighted by atomic mass is 10.0. The number of carbonyl (C=O) groups is 2. The zero-order valence-corrected chi connectivity index (χ0v) is 18.3. The van der Waals surface area contributed by atoms with E-state index in [1.165, 1.54) is 0 Å². The van der Waals surface area contributed by atoms with Crippen LogP contribution in [0.1, 0.15) is 40.5 Å². The fraction of sp³-hybridized carbons (Fsp3) is 0.259. The first kappa shape index (κ1) is 21.6. The maximum absolute atomic E-state index is 12.9. The first-order valence-corrected chi connectivity index (χ1v) is 11.1. The molecular formula is C27H28N2O3. The monoisotopic (exact) mass is 428 g/mol. The Kier molecular flexibility index (Phi) is 6.85. The molecule has 164 valence electrons. The Morgan fingerprint density at radius 2 is 1.44 bits per heavy atom. The van der Waals surface area contributed by atoms with E-state index in [2.05, 4.69) is 17.4 Å². The van der Waals surface area contributed by atoms with Gasteiger partial charge >= 0.3 is 0 Å². The molecule has 1 aliphatic rings. The van der Waals surface area contributed by atoms with E-state index in [4.69, 9.17) is 4.74 Å². The summed E-state index contributed by atoms with van der Waals surface area (Å²) in [7, 11) is 0. The number of ether oxygens (including phenoxy) is 1. The Balaban J connectivity index is 1.29. The van der Waals surface area contributed by atoms with E-state index >= 15 is 0 Å². The number of amides is 2. The van der Waals surface area contributed by atoms with Crippen molar-refractivity contribution < 1.29 is 14.3 Å². The summed E-state index contributed by atoms with van der Waals surface area (Å²) in [6, 6.07) is 25.1. The second-order valence-electron chi connectivity index (χ2n) is 7.94. The minimum Gasteiger partial charge on any atom is -0.494 e. The minimum atomic E-state index is -0.0886. The van der Waals surface area contributed by atoms with Gasteiger partial charge in [-0.05, 0) is 67.3 Å². The molecule has 5 nitrogen and oxygen atoms in total. The van der Waals surface area contributed by atoms with Crippen LogP contribution in [0, 0.1) is 0 Å². The molecule has 0 unspecified atom stereocenters. The van der Waals surface area contributed by atoms with Crippen molar-refractivity contribution in [3.63, 3.8) is 0 Å². The summed E-state index contributed by atoms with van der Waals surface area (Å²) in [6.45, 7) is 3.79. The molecule has 1 saturated heterocycles. The lowest BCUT2D eigenvalue weighted by molar-refractivity contribution is 0.0698. The molecule has 2 amide bonds. The average molecular weight is 429 g/mol. The van der Waals surface area contributed by atoms with Crippen LogP contribution in [0.2, 0.25) is 0 Å². The van der Waals surface area contributed by atoms with Gasteiger partial charge in [-0.1, -0.05) is 42.5 Å². The molecule has 0 bridgehead atoms. The largest absolute Gasteiger partial charge is 0.494 e. The van der Waals surface area contributed by atoms with Crippen molar-refractivity contribution in [3.05, 3.63) is 90.0 Å². The molecule has 0 aliphatic carbocycles. The molecule has 1 N–H and O–H groups in total. The van der Waals surface area contributed by atoms with Crippen molar-refractivity contribution in [1.82, 2.24) is 10.2 Å². The van der Waals surface area contributed by atoms with Gasteiger partial charge in [-0.25, -0.2) is 0 Å². The molecule has 32 heavy (non-hydrogen) atoms. The topological polar surface area (TPSA) is 58.6 Å². The lowest BCUT2D eigenvalue weighted by Gasteiger charge is -2.32. The van der Waals surface area contributed by atoms with E-state index in [0.29, 0.717) is 30.8 Å². The third-order valence-electron chi connectivity index (χ3n) is 5.78. The Labute approximate surface area is 189 Å². The number of likely N-dealkylation sites (tertiary alicyclic amines) is 1. The third-order valence-corrected chi connectivity index (χ3v) is 5.78. The molecule has 0 saturated carbocycles. The van der Waals surface area contributed by atoms with Gasteiger partial charge in [0.2, 0.25) is 0 Å². The van der Waals surface area contributed by atoms with Crippen molar-refractivity contribution in [2.24, 2.45) is 0 Å². The number of hydrogen-bond donors (Lipinski definition) is 1. The van der Waals surface area contributed by atoms with Gasteiger partial charge in [0, 0.05) is 30.3 Å². The molecule has 1 heterocycles. The molecular weight excluding hydrogens is 400 g/mol. The van der Waals surface area contributed by atoms with Crippen molar-refractivity contribution in [2.45, 2.75) is 25.8 Å². The number of nitrogens with zero attached hydrogens (tertiary/aromatic N) is 1. The number of benzene rings is 3. The second-order valence-corrected chi connectivity index (χ2v) is 7.94. The predicted molar refractivity (Wildman–Crippen MR) is 126 cm³/mol. The van der Waals surface area contributed by atoms with E-state index in [0.717, 1.165) is 29.7 Å². The maximum Gasteiger partial charge on any atom is 0.253 e. The van der Waals surface area contributed by atoms with Crippen molar-refractivity contribution in [1.29, 1.82) is 0 Å². The standard InChI is InChI=1S/C27H28N2O3/c1-2-32-25-14-12-22(13-15-25)26(30)28-24-16-18-29(19-17-24)27(31)23-10-8-21(9-11-23)20-6-4-3-5-7-20/h3-15,24H,2,16-19H2,1H3,(H,28,30). The van der Waals surface area contributed by atoms with E-state index in [9.17, 15) is 9.59 Å². The number of hydrogen-bond acceptors (Lipinski definition) is 3. The Bertz CT molecular complexity index is 1040. The van der Waals surface area contributed by atoms with E-state index in [1.54, 1.807) is 12.1 Å². The number of piperidine rings is 1. The molecule has 1 fully saturated rings. The van der Waals surface area contributed by atoms with E-state index < -0.39 is 0 Å². The minimum absolute atomic E-state index is 0.0425. The molecule has 0 spiro atoms. The molecule has 5 heteroatoms. The maximum atomic E-state index is 12.9. The summed E-state index contributed by atoms with van der Waals surface area (Å²) >= 11 is 0. The fourth-order valence-electron chi connectivity index (χ4n) is 3.98. The van der Waals surface area contributed by atoms with Crippen LogP contribution < -0.4 is 10.1 Å². The average Bonchev–Trinajstić information content (AvgIpc) is 2.85. The molecule has 0 radical (unpaired) electrons. The summed E-state index contributed by atoms with van der Waals surface area (Å²) in [6.07, 6.45) is 1.49. The summed E-state index contributed by atoms with van der Waals surface area (Å²) in [4.78, 5) is 27.3. The van der Waals surface area contributed by atoms with Gasteiger partial charge in [-0.3, -0.25) is 9.59 Å². The Morgan fingerprint density at radius 3 is 2.06 bits per heavy atom. The van der Waals surface area contributed by atoms with Gasteiger partial charge in [0.1, 0.15) is 5.75 Å². The van der Waals surface area contributed by atoms with Crippen LogP contribution in [-0.2, 0) is 0 Å². The highest BCUT2D eigenvalue weighted by atomic mass is 16.5. The molecule has 0 atom stereocenters. The number of rotatable bonds is 6. The van der Waals surface area contributed by atoms with Crippen LogP contribution in [0.15, 0.2) is 78.9 Å². The summed E-state index contributed by atoms with van der Waals surface area (Å²) in [5, 5.41) is 3.09. The van der Waals surface area contributed by atoms with Gasteiger partial charge in [0.15, 0.2) is 0 Å². The zero-order chi connectivity index (χ0) is 22.3. The van der Waals surface area contributed by atoms with Gasteiger partial charge < -0.3 is 15.0 Å². The van der Waals surface area contributed by atoms with Crippen LogP contribution in [0.3, 0.4) is 0 Å². The smallest absolute Gasteiger partial charge is 0.253 e. The fourth-order valence-corrected chi connectivity index (χ4v) is 3.98. The van der Waals surface area contributed by atoms with Gasteiger partial charge in [-0.2, -0.15) is 0 Å². The first-order chi connectivity index (χ1) is 15.6. The zero-order valence-electron chi connectivity index (χ0n) is 18.3. The summed E-state index contributed by atoms with van der Waals surface area (Å²) < 4.78 is 5.42. The third kappa shape index (κ3) is 5.17. The molecule has 1 aliphatic heterocycles. The van der Waals surface area contributed by atoms with Crippen molar-refractivity contribution in [2.75, 3.05) is 19.7 Å². The van der Waals surface area contributed by atoms with Crippen LogP contribution in [0.5, 0.6) is 5.75 Å². The van der Waals surface area contributed by atoms with E-state index in [1.807, 2.05) is 66.4 Å². The van der Waals surface area contributed by atoms with Gasteiger partial charge in [-0.15, -0.1) is 0 Å². The quantitative estimate of drug-likeness (QED) is 0.614. The summed E-state index contributed by atoms with van der Waals surface area (Å²) in [5.74, 6) is 0.711.